The third-order valence-corrected chi connectivity index (χ3v) is 4.39. The Morgan fingerprint density at radius 2 is 1.95 bits per heavy atom. The van der Waals surface area contributed by atoms with Crippen LogP contribution in [0.15, 0.2) is 0 Å². The molecule has 1 unspecified atom stereocenters. The summed E-state index contributed by atoms with van der Waals surface area (Å²) in [7, 11) is 2.11. The van der Waals surface area contributed by atoms with Gasteiger partial charge in [0.1, 0.15) is 6.23 Å². The highest BCUT2D eigenvalue weighted by molar-refractivity contribution is 5.76. The topological polar surface area (TPSA) is 43.8 Å². The van der Waals surface area contributed by atoms with Crippen molar-refractivity contribution < 1.29 is 9.90 Å². The smallest absolute Gasteiger partial charge is 0.224 e. The molecule has 2 atom stereocenters. The molecule has 1 saturated heterocycles. The molecule has 1 fully saturated rings. The fourth-order valence-electron chi connectivity index (χ4n) is 3.15. The molecular formula is C16H32N2O2. The van der Waals surface area contributed by atoms with E-state index in [1.807, 2.05) is 6.92 Å². The van der Waals surface area contributed by atoms with E-state index in [0.717, 1.165) is 38.8 Å². The van der Waals surface area contributed by atoms with Crippen LogP contribution in [0.1, 0.15) is 59.3 Å². The van der Waals surface area contributed by atoms with Crippen molar-refractivity contribution >= 4 is 5.91 Å². The van der Waals surface area contributed by atoms with Crippen molar-refractivity contribution in [1.29, 1.82) is 0 Å². The van der Waals surface area contributed by atoms with Crippen molar-refractivity contribution in [2.24, 2.45) is 5.92 Å². The van der Waals surface area contributed by atoms with Crippen LogP contribution in [-0.4, -0.2) is 53.2 Å². The van der Waals surface area contributed by atoms with E-state index in [1.165, 1.54) is 0 Å². The number of likely N-dealkylation sites (tertiary alicyclic amines) is 1. The van der Waals surface area contributed by atoms with E-state index in [9.17, 15) is 9.90 Å². The highest BCUT2D eigenvalue weighted by Crippen LogP contribution is 2.23. The lowest BCUT2D eigenvalue weighted by Crippen LogP contribution is -2.51. The number of rotatable bonds is 7. The standard InChI is InChI=1S/C16H32N2O2/c1-5-7-13(3)12-16(20)18(15(19)6-2)14-8-10-17(4)11-9-14/h13-14,16,20H,5-12H2,1-4H3/t13-,16?/m0/s1. The van der Waals surface area contributed by atoms with E-state index in [0.29, 0.717) is 18.8 Å². The Labute approximate surface area is 124 Å². The Morgan fingerprint density at radius 1 is 1.35 bits per heavy atom. The summed E-state index contributed by atoms with van der Waals surface area (Å²) in [5, 5.41) is 10.5. The first-order valence-electron chi connectivity index (χ1n) is 8.17. The summed E-state index contributed by atoms with van der Waals surface area (Å²) >= 11 is 0. The van der Waals surface area contributed by atoms with E-state index in [-0.39, 0.29) is 11.9 Å². The van der Waals surface area contributed by atoms with Gasteiger partial charge in [-0.15, -0.1) is 0 Å². The Kier molecular flexibility index (Phi) is 7.52. The van der Waals surface area contributed by atoms with E-state index in [4.69, 9.17) is 0 Å². The molecule has 0 aliphatic carbocycles. The van der Waals surface area contributed by atoms with Crippen molar-refractivity contribution in [3.05, 3.63) is 0 Å². The molecule has 1 aliphatic heterocycles. The molecule has 0 bridgehead atoms. The van der Waals surface area contributed by atoms with Gasteiger partial charge in [0, 0.05) is 12.5 Å². The van der Waals surface area contributed by atoms with E-state index in [1.54, 1.807) is 4.90 Å². The number of aliphatic hydroxyl groups excluding tert-OH is 1. The second-order valence-corrected chi connectivity index (χ2v) is 6.30. The van der Waals surface area contributed by atoms with Crippen LogP contribution in [0.2, 0.25) is 0 Å². The minimum Gasteiger partial charge on any atom is -0.374 e. The molecule has 1 N–H and O–H groups in total. The average molecular weight is 284 g/mol. The first-order valence-corrected chi connectivity index (χ1v) is 8.17. The SMILES string of the molecule is CCC[C@H](C)CC(O)N(C(=O)CC)C1CCN(C)CC1. The maximum atomic E-state index is 12.2. The van der Waals surface area contributed by atoms with Crippen molar-refractivity contribution in [3.8, 4) is 0 Å². The summed E-state index contributed by atoms with van der Waals surface area (Å²) in [4.78, 5) is 16.3. The second-order valence-electron chi connectivity index (χ2n) is 6.30. The molecule has 4 heteroatoms. The summed E-state index contributed by atoms with van der Waals surface area (Å²) < 4.78 is 0. The van der Waals surface area contributed by atoms with Gasteiger partial charge in [-0.3, -0.25) is 4.79 Å². The van der Waals surface area contributed by atoms with Crippen LogP contribution in [0.5, 0.6) is 0 Å². The van der Waals surface area contributed by atoms with Gasteiger partial charge < -0.3 is 14.9 Å². The van der Waals surface area contributed by atoms with Crippen LogP contribution in [-0.2, 0) is 4.79 Å². The van der Waals surface area contributed by atoms with Crippen molar-refractivity contribution in [2.45, 2.75) is 71.6 Å². The zero-order valence-corrected chi connectivity index (χ0v) is 13.6. The van der Waals surface area contributed by atoms with Crippen molar-refractivity contribution in [1.82, 2.24) is 9.80 Å². The number of nitrogens with zero attached hydrogens (tertiary/aromatic N) is 2. The quantitative estimate of drug-likeness (QED) is 0.730. The van der Waals surface area contributed by atoms with Gasteiger partial charge in [0.25, 0.3) is 0 Å². The monoisotopic (exact) mass is 284 g/mol. The molecule has 1 heterocycles. The van der Waals surface area contributed by atoms with Gasteiger partial charge in [0.05, 0.1) is 0 Å². The molecule has 0 aromatic carbocycles. The molecular weight excluding hydrogens is 252 g/mol. The molecule has 118 valence electrons. The Morgan fingerprint density at radius 3 is 2.45 bits per heavy atom. The van der Waals surface area contributed by atoms with Gasteiger partial charge >= 0.3 is 0 Å². The van der Waals surface area contributed by atoms with Gasteiger partial charge in [-0.25, -0.2) is 0 Å². The Balaban J connectivity index is 2.65. The molecule has 0 aromatic heterocycles. The van der Waals surface area contributed by atoms with Gasteiger partial charge in [0.15, 0.2) is 0 Å². The summed E-state index contributed by atoms with van der Waals surface area (Å²) in [6, 6.07) is 0.211. The van der Waals surface area contributed by atoms with Crippen molar-refractivity contribution in [2.75, 3.05) is 20.1 Å². The van der Waals surface area contributed by atoms with E-state index in [2.05, 4.69) is 25.8 Å². The highest BCUT2D eigenvalue weighted by atomic mass is 16.3. The zero-order chi connectivity index (χ0) is 15.1. The van der Waals surface area contributed by atoms with Crippen LogP contribution >= 0.6 is 0 Å². The third kappa shape index (κ3) is 5.06. The molecule has 0 spiro atoms. The molecule has 1 amide bonds. The Hall–Kier alpha value is -0.610. The van der Waals surface area contributed by atoms with Crippen LogP contribution in [0, 0.1) is 5.92 Å². The lowest BCUT2D eigenvalue weighted by Gasteiger charge is -2.40. The predicted octanol–water partition coefficient (Wildman–Crippen LogP) is 2.46. The molecule has 1 aliphatic rings. The van der Waals surface area contributed by atoms with Crippen LogP contribution < -0.4 is 0 Å². The van der Waals surface area contributed by atoms with E-state index < -0.39 is 6.23 Å². The Bertz CT molecular complexity index is 288. The van der Waals surface area contributed by atoms with Gasteiger partial charge in [-0.05, 0) is 45.3 Å². The average Bonchev–Trinajstić information content (AvgIpc) is 2.41. The lowest BCUT2D eigenvalue weighted by atomic mass is 9.97. The highest BCUT2D eigenvalue weighted by Gasteiger charge is 2.31. The third-order valence-electron chi connectivity index (χ3n) is 4.39. The van der Waals surface area contributed by atoms with Crippen LogP contribution in [0.25, 0.3) is 0 Å². The predicted molar refractivity (Wildman–Crippen MR) is 82.4 cm³/mol. The maximum absolute atomic E-state index is 12.2. The lowest BCUT2D eigenvalue weighted by molar-refractivity contribution is -0.148. The van der Waals surface area contributed by atoms with Crippen molar-refractivity contribution in [3.63, 3.8) is 0 Å². The molecule has 4 nitrogen and oxygen atoms in total. The summed E-state index contributed by atoms with van der Waals surface area (Å²) in [5.41, 5.74) is 0. The summed E-state index contributed by atoms with van der Waals surface area (Å²) in [6.07, 6.45) is 4.75. The number of hydrogen-bond acceptors (Lipinski definition) is 3. The maximum Gasteiger partial charge on any atom is 0.224 e. The van der Waals surface area contributed by atoms with Gasteiger partial charge in [0.2, 0.25) is 5.91 Å². The number of amides is 1. The van der Waals surface area contributed by atoms with Crippen LogP contribution in [0.3, 0.4) is 0 Å². The summed E-state index contributed by atoms with van der Waals surface area (Å²) in [6.45, 7) is 8.22. The number of carbonyl (C=O) groups is 1. The normalized spacial score (nSPS) is 20.6. The number of hydrogen-bond donors (Lipinski definition) is 1. The largest absolute Gasteiger partial charge is 0.374 e. The van der Waals surface area contributed by atoms with Gasteiger partial charge in [-0.2, -0.15) is 0 Å². The molecule has 20 heavy (non-hydrogen) atoms. The fourth-order valence-corrected chi connectivity index (χ4v) is 3.15. The summed E-state index contributed by atoms with van der Waals surface area (Å²) in [5.74, 6) is 0.559. The van der Waals surface area contributed by atoms with Crippen LogP contribution in [0.4, 0.5) is 0 Å². The zero-order valence-electron chi connectivity index (χ0n) is 13.6. The number of carbonyl (C=O) groups excluding carboxylic acids is 1. The van der Waals surface area contributed by atoms with Gasteiger partial charge in [-0.1, -0.05) is 33.6 Å². The van der Waals surface area contributed by atoms with E-state index >= 15 is 0 Å². The number of aliphatic hydroxyl groups is 1. The first kappa shape index (κ1) is 17.4. The molecule has 0 aromatic rings. The molecule has 0 saturated carbocycles. The number of piperidine rings is 1. The minimum absolute atomic E-state index is 0.0933. The second kappa shape index (κ2) is 8.63. The minimum atomic E-state index is -0.614. The molecule has 1 rings (SSSR count). The fraction of sp³-hybridized carbons (Fsp3) is 0.938. The molecule has 0 radical (unpaired) electrons. The first-order chi connectivity index (χ1) is 9.49.